The Morgan fingerprint density at radius 3 is 2.68 bits per heavy atom. The third kappa shape index (κ3) is 2.35. The first-order valence-electron chi connectivity index (χ1n) is 7.69. The fourth-order valence-electron chi connectivity index (χ4n) is 3.06. The van der Waals surface area contributed by atoms with E-state index < -0.39 is 0 Å². The second kappa shape index (κ2) is 5.50. The van der Waals surface area contributed by atoms with Gasteiger partial charge in [0.15, 0.2) is 0 Å². The highest BCUT2D eigenvalue weighted by Gasteiger charge is 2.28. The number of anilines is 2. The van der Waals surface area contributed by atoms with Crippen LogP contribution in [0.25, 0.3) is 0 Å². The Balaban J connectivity index is 1.82. The van der Waals surface area contributed by atoms with Crippen molar-refractivity contribution in [2.24, 2.45) is 4.99 Å². The third-order valence-corrected chi connectivity index (χ3v) is 5.31. The first-order valence-corrected chi connectivity index (χ1v) is 8.51. The number of rotatable bonds is 1. The van der Waals surface area contributed by atoms with Crippen molar-refractivity contribution in [1.82, 2.24) is 9.91 Å². The monoisotopic (exact) mass is 312 g/mol. The number of benzene rings is 1. The zero-order chi connectivity index (χ0) is 15.1. The van der Waals surface area contributed by atoms with Gasteiger partial charge in [-0.15, -0.1) is 11.3 Å². The van der Waals surface area contributed by atoms with Gasteiger partial charge in [0.05, 0.1) is 11.4 Å². The molecule has 114 valence electrons. The van der Waals surface area contributed by atoms with Crippen LogP contribution in [0, 0.1) is 6.92 Å². The van der Waals surface area contributed by atoms with E-state index in [9.17, 15) is 0 Å². The Hall–Kier alpha value is -1.69. The van der Waals surface area contributed by atoms with Crippen LogP contribution in [0.4, 0.5) is 16.4 Å². The van der Waals surface area contributed by atoms with Gasteiger partial charge in [0.2, 0.25) is 0 Å². The maximum Gasteiger partial charge on any atom is 0.120 e. The quantitative estimate of drug-likeness (QED) is 0.805. The van der Waals surface area contributed by atoms with Crippen LogP contribution in [-0.2, 0) is 0 Å². The lowest BCUT2D eigenvalue weighted by atomic mass is 10.2. The minimum absolute atomic E-state index is 1.04. The molecule has 1 saturated heterocycles. The van der Waals surface area contributed by atoms with Crippen molar-refractivity contribution in [3.05, 3.63) is 40.8 Å². The van der Waals surface area contributed by atoms with E-state index >= 15 is 0 Å². The normalized spacial score (nSPS) is 18.9. The first-order chi connectivity index (χ1) is 10.7. The molecule has 0 bridgehead atoms. The molecule has 2 aromatic rings. The molecule has 0 amide bonds. The lowest BCUT2D eigenvalue weighted by Gasteiger charge is -2.40. The van der Waals surface area contributed by atoms with Crippen LogP contribution in [0.2, 0.25) is 0 Å². The number of nitrogens with zero attached hydrogens (tertiary/aromatic N) is 4. The predicted octanol–water partition coefficient (Wildman–Crippen LogP) is 3.42. The van der Waals surface area contributed by atoms with Gasteiger partial charge >= 0.3 is 0 Å². The second-order valence-corrected chi connectivity index (χ2v) is 7.17. The molecule has 0 saturated carbocycles. The van der Waals surface area contributed by atoms with E-state index in [-0.39, 0.29) is 0 Å². The van der Waals surface area contributed by atoms with Crippen molar-refractivity contribution < 1.29 is 0 Å². The number of thiophene rings is 1. The average Bonchev–Trinajstić information content (AvgIpc) is 2.82. The Morgan fingerprint density at radius 1 is 1.09 bits per heavy atom. The van der Waals surface area contributed by atoms with Gasteiger partial charge in [-0.1, -0.05) is 12.1 Å². The molecular formula is C17H20N4S. The highest BCUT2D eigenvalue weighted by Crippen LogP contribution is 2.43. The molecule has 0 aliphatic carbocycles. The molecule has 1 aromatic carbocycles. The summed E-state index contributed by atoms with van der Waals surface area (Å²) in [6.07, 6.45) is 2.01. The van der Waals surface area contributed by atoms with Gasteiger partial charge in [-0.3, -0.25) is 10.0 Å². The molecule has 1 fully saturated rings. The van der Waals surface area contributed by atoms with Crippen molar-refractivity contribution in [1.29, 1.82) is 0 Å². The SMILES string of the molecule is Cc1cc2c(s1)N(N1CCN(C)CC1)c1ccccc1N=C2. The summed E-state index contributed by atoms with van der Waals surface area (Å²) in [5.74, 6) is 0. The summed E-state index contributed by atoms with van der Waals surface area (Å²) in [6, 6.07) is 10.7. The van der Waals surface area contributed by atoms with Crippen molar-refractivity contribution in [3.63, 3.8) is 0 Å². The molecule has 22 heavy (non-hydrogen) atoms. The first kappa shape index (κ1) is 13.9. The van der Waals surface area contributed by atoms with Gasteiger partial charge < -0.3 is 4.90 Å². The Bertz CT molecular complexity index is 713. The van der Waals surface area contributed by atoms with Crippen LogP contribution in [0.3, 0.4) is 0 Å². The molecule has 0 spiro atoms. The van der Waals surface area contributed by atoms with Crippen molar-refractivity contribution in [2.75, 3.05) is 38.2 Å². The molecule has 5 heteroatoms. The van der Waals surface area contributed by atoms with Crippen molar-refractivity contribution in [3.8, 4) is 0 Å². The van der Waals surface area contributed by atoms with Gasteiger partial charge in [0.1, 0.15) is 5.00 Å². The van der Waals surface area contributed by atoms with Crippen LogP contribution in [0.1, 0.15) is 10.4 Å². The molecule has 2 aliphatic rings. The molecule has 4 nitrogen and oxygen atoms in total. The van der Waals surface area contributed by atoms with E-state index in [1.54, 1.807) is 0 Å². The van der Waals surface area contributed by atoms with E-state index in [1.807, 2.05) is 17.6 Å². The topological polar surface area (TPSA) is 22.1 Å². The van der Waals surface area contributed by atoms with E-state index in [2.05, 4.69) is 59.2 Å². The average molecular weight is 312 g/mol. The molecule has 0 N–H and O–H groups in total. The largest absolute Gasteiger partial charge is 0.304 e. The minimum Gasteiger partial charge on any atom is -0.304 e. The number of aryl methyl sites for hydroxylation is 1. The maximum absolute atomic E-state index is 4.70. The van der Waals surface area contributed by atoms with Crippen LogP contribution < -0.4 is 5.01 Å². The van der Waals surface area contributed by atoms with Crippen molar-refractivity contribution in [2.45, 2.75) is 6.92 Å². The summed E-state index contributed by atoms with van der Waals surface area (Å²) in [5.41, 5.74) is 3.45. The van der Waals surface area contributed by atoms with Gasteiger partial charge in [-0.05, 0) is 32.2 Å². The Kier molecular flexibility index (Phi) is 3.48. The molecule has 2 aliphatic heterocycles. The fraction of sp³-hybridized carbons (Fsp3) is 0.353. The molecule has 4 rings (SSSR count). The lowest BCUT2D eigenvalue weighted by molar-refractivity contribution is 0.155. The van der Waals surface area contributed by atoms with E-state index in [0.29, 0.717) is 0 Å². The number of hydrogen-bond acceptors (Lipinski definition) is 5. The molecule has 1 aromatic heterocycles. The number of likely N-dealkylation sites (N-methyl/N-ethyl adjacent to an activating group) is 1. The van der Waals surface area contributed by atoms with E-state index in [1.165, 1.54) is 21.1 Å². The summed E-state index contributed by atoms with van der Waals surface area (Å²) in [5, 5.41) is 6.14. The smallest absolute Gasteiger partial charge is 0.120 e. The van der Waals surface area contributed by atoms with Gasteiger partial charge in [-0.25, -0.2) is 5.01 Å². The number of aliphatic imine (C=N–C) groups is 1. The number of hydrazine groups is 1. The van der Waals surface area contributed by atoms with Crippen LogP contribution >= 0.6 is 11.3 Å². The summed E-state index contributed by atoms with van der Waals surface area (Å²) in [7, 11) is 2.19. The highest BCUT2D eigenvalue weighted by atomic mass is 32.1. The zero-order valence-electron chi connectivity index (χ0n) is 13.0. The summed E-state index contributed by atoms with van der Waals surface area (Å²) in [4.78, 5) is 8.42. The van der Waals surface area contributed by atoms with Crippen molar-refractivity contribution >= 4 is 33.9 Å². The standard InChI is InChI=1S/C17H20N4S/c1-13-11-14-12-18-15-5-3-4-6-16(15)21(17(14)22-13)20-9-7-19(2)8-10-20/h3-6,11-12H,7-10H2,1-2H3. The number of para-hydroxylation sites is 2. The molecule has 0 radical (unpaired) electrons. The Morgan fingerprint density at radius 2 is 1.86 bits per heavy atom. The molecule has 0 unspecified atom stereocenters. The predicted molar refractivity (Wildman–Crippen MR) is 94.0 cm³/mol. The van der Waals surface area contributed by atoms with Crippen LogP contribution in [0.5, 0.6) is 0 Å². The number of hydrogen-bond donors (Lipinski definition) is 0. The third-order valence-electron chi connectivity index (χ3n) is 4.27. The fourth-order valence-corrected chi connectivity index (χ4v) is 4.08. The van der Waals surface area contributed by atoms with Gasteiger partial charge in [0.25, 0.3) is 0 Å². The van der Waals surface area contributed by atoms with E-state index in [4.69, 9.17) is 4.99 Å². The van der Waals surface area contributed by atoms with Gasteiger partial charge in [-0.2, -0.15) is 0 Å². The van der Waals surface area contributed by atoms with Crippen LogP contribution in [0.15, 0.2) is 35.3 Å². The number of piperazine rings is 1. The second-order valence-electron chi connectivity index (χ2n) is 5.93. The maximum atomic E-state index is 4.70. The number of fused-ring (bicyclic) bond motifs is 2. The molecular weight excluding hydrogens is 292 g/mol. The molecule has 3 heterocycles. The summed E-state index contributed by atoms with van der Waals surface area (Å²) in [6.45, 7) is 6.45. The summed E-state index contributed by atoms with van der Waals surface area (Å²) < 4.78 is 0. The molecule has 0 atom stereocenters. The Labute approximate surface area is 135 Å². The van der Waals surface area contributed by atoms with E-state index in [0.717, 1.165) is 31.9 Å². The highest BCUT2D eigenvalue weighted by molar-refractivity contribution is 7.16. The lowest BCUT2D eigenvalue weighted by Crippen LogP contribution is -2.51. The van der Waals surface area contributed by atoms with Gasteiger partial charge in [0, 0.05) is 42.8 Å². The minimum atomic E-state index is 1.04. The zero-order valence-corrected chi connectivity index (χ0v) is 13.8. The van der Waals surface area contributed by atoms with Crippen LogP contribution in [-0.4, -0.2) is 49.4 Å². The summed E-state index contributed by atoms with van der Waals surface area (Å²) >= 11 is 1.85.